The smallest absolute Gasteiger partial charge is 0.119 e. The summed E-state index contributed by atoms with van der Waals surface area (Å²) in [5, 5.41) is 0. The highest BCUT2D eigenvalue weighted by molar-refractivity contribution is 5.66. The van der Waals surface area contributed by atoms with Crippen LogP contribution in [0.2, 0.25) is 0 Å². The van der Waals surface area contributed by atoms with Gasteiger partial charge in [0, 0.05) is 0 Å². The lowest BCUT2D eigenvalue weighted by molar-refractivity contribution is 0.414. The van der Waals surface area contributed by atoms with Gasteiger partial charge in [-0.2, -0.15) is 0 Å². The first-order valence-corrected chi connectivity index (χ1v) is 4.21. The molecule has 0 N–H and O–H groups in total. The van der Waals surface area contributed by atoms with E-state index in [0.717, 1.165) is 5.75 Å². The average molecular weight is 174 g/mol. The second-order valence-corrected chi connectivity index (χ2v) is 2.82. The molecule has 1 heteroatoms. The zero-order valence-corrected chi connectivity index (χ0v) is 8.08. The second kappa shape index (κ2) is 4.51. The van der Waals surface area contributed by atoms with Gasteiger partial charge in [0.05, 0.1) is 7.11 Å². The van der Waals surface area contributed by atoms with Crippen molar-refractivity contribution in [2.45, 2.75) is 6.92 Å². The molecule has 1 nitrogen and oxygen atoms in total. The highest BCUT2D eigenvalue weighted by atomic mass is 16.5. The molecular formula is C12H14O. The van der Waals surface area contributed by atoms with Gasteiger partial charge in [0.2, 0.25) is 0 Å². The molecule has 0 radical (unpaired) electrons. The molecule has 0 aliphatic heterocycles. The zero-order chi connectivity index (χ0) is 9.68. The van der Waals surface area contributed by atoms with Crippen molar-refractivity contribution in [3.63, 3.8) is 0 Å². The minimum absolute atomic E-state index is 0.884. The van der Waals surface area contributed by atoms with Crippen LogP contribution in [-0.4, -0.2) is 7.11 Å². The number of hydrogen-bond acceptors (Lipinski definition) is 1. The van der Waals surface area contributed by atoms with Crippen molar-refractivity contribution in [3.05, 3.63) is 48.6 Å². The maximum Gasteiger partial charge on any atom is 0.119 e. The maximum atomic E-state index is 5.13. The molecule has 0 bridgehead atoms. The lowest BCUT2D eigenvalue weighted by atomic mass is 10.1. The van der Waals surface area contributed by atoms with Crippen molar-refractivity contribution in [3.8, 4) is 5.75 Å². The molecule has 0 aromatic heterocycles. The van der Waals surface area contributed by atoms with Crippen LogP contribution in [-0.2, 0) is 0 Å². The van der Waals surface area contributed by atoms with E-state index in [2.05, 4.69) is 19.6 Å². The maximum absolute atomic E-state index is 5.13. The van der Waals surface area contributed by atoms with Gasteiger partial charge in [-0.05, 0) is 30.2 Å². The van der Waals surface area contributed by atoms with Crippen molar-refractivity contribution >= 4 is 5.57 Å². The summed E-state index contributed by atoms with van der Waals surface area (Å²) in [5.41, 5.74) is 2.35. The van der Waals surface area contributed by atoms with Crippen molar-refractivity contribution in [2.24, 2.45) is 0 Å². The predicted octanol–water partition coefficient (Wildman–Crippen LogP) is 3.28. The quantitative estimate of drug-likeness (QED) is 0.639. The minimum Gasteiger partial charge on any atom is -0.497 e. The second-order valence-electron chi connectivity index (χ2n) is 2.82. The van der Waals surface area contributed by atoms with Crippen LogP contribution in [0, 0.1) is 0 Å². The number of hydrogen-bond donors (Lipinski definition) is 0. The van der Waals surface area contributed by atoms with Crippen LogP contribution in [0.4, 0.5) is 0 Å². The molecule has 0 saturated carbocycles. The van der Waals surface area contributed by atoms with E-state index in [1.807, 2.05) is 24.3 Å². The largest absolute Gasteiger partial charge is 0.497 e. The summed E-state index contributed by atoms with van der Waals surface area (Å²) in [4.78, 5) is 0. The molecule has 0 fully saturated rings. The van der Waals surface area contributed by atoms with Crippen LogP contribution in [0.1, 0.15) is 12.5 Å². The lowest BCUT2D eigenvalue weighted by Gasteiger charge is -2.03. The Kier molecular flexibility index (Phi) is 3.32. The van der Waals surface area contributed by atoms with E-state index in [-0.39, 0.29) is 0 Å². The number of allylic oxidation sites excluding steroid dienone is 3. The molecular weight excluding hydrogens is 160 g/mol. The minimum atomic E-state index is 0.884. The molecule has 1 aromatic rings. The van der Waals surface area contributed by atoms with Crippen molar-refractivity contribution in [1.82, 2.24) is 0 Å². The van der Waals surface area contributed by atoms with E-state index in [1.54, 1.807) is 13.2 Å². The van der Waals surface area contributed by atoms with E-state index in [9.17, 15) is 0 Å². The van der Waals surface area contributed by atoms with Crippen LogP contribution in [0.15, 0.2) is 43.0 Å². The Morgan fingerprint density at radius 1 is 1.46 bits per heavy atom. The zero-order valence-electron chi connectivity index (χ0n) is 8.08. The summed E-state index contributed by atoms with van der Waals surface area (Å²) in [6.45, 7) is 5.71. The summed E-state index contributed by atoms with van der Waals surface area (Å²) in [6.07, 6.45) is 3.77. The molecule has 1 rings (SSSR count). The van der Waals surface area contributed by atoms with Gasteiger partial charge in [0.1, 0.15) is 5.75 Å². The van der Waals surface area contributed by atoms with Crippen LogP contribution < -0.4 is 4.74 Å². The molecule has 13 heavy (non-hydrogen) atoms. The fraction of sp³-hybridized carbons (Fsp3) is 0.167. The number of methoxy groups -OCH3 is 1. The van der Waals surface area contributed by atoms with Crippen molar-refractivity contribution in [2.75, 3.05) is 7.11 Å². The molecule has 0 amide bonds. The normalized spacial score (nSPS) is 11.1. The monoisotopic (exact) mass is 174 g/mol. The van der Waals surface area contributed by atoms with E-state index < -0.39 is 0 Å². The van der Waals surface area contributed by atoms with Gasteiger partial charge in [-0.1, -0.05) is 30.9 Å². The standard InChI is InChI=1S/C12H14O/c1-4-6-10(2)11-7-5-8-12(9-11)13-3/h4-9H,1H2,2-3H3/b10-6-. The van der Waals surface area contributed by atoms with Crippen LogP contribution in [0.5, 0.6) is 5.75 Å². The highest BCUT2D eigenvalue weighted by Crippen LogP contribution is 2.19. The van der Waals surface area contributed by atoms with Gasteiger partial charge in [0.15, 0.2) is 0 Å². The number of ether oxygens (including phenoxy) is 1. The fourth-order valence-electron chi connectivity index (χ4n) is 1.14. The summed E-state index contributed by atoms with van der Waals surface area (Å²) >= 11 is 0. The first kappa shape index (κ1) is 9.59. The van der Waals surface area contributed by atoms with Gasteiger partial charge in [-0.25, -0.2) is 0 Å². The Balaban J connectivity index is 3.01. The average Bonchev–Trinajstić information content (AvgIpc) is 2.18. The molecule has 68 valence electrons. The van der Waals surface area contributed by atoms with Gasteiger partial charge < -0.3 is 4.74 Å². The molecule has 0 atom stereocenters. The SMILES string of the molecule is C=C/C=C(/C)c1cccc(OC)c1. The Bertz CT molecular complexity index is 324. The van der Waals surface area contributed by atoms with Crippen LogP contribution in [0.3, 0.4) is 0 Å². The third kappa shape index (κ3) is 2.48. The number of rotatable bonds is 3. The molecule has 0 unspecified atom stereocenters. The predicted molar refractivity (Wildman–Crippen MR) is 56.8 cm³/mol. The first-order valence-electron chi connectivity index (χ1n) is 4.21. The van der Waals surface area contributed by atoms with Crippen molar-refractivity contribution < 1.29 is 4.74 Å². The van der Waals surface area contributed by atoms with Gasteiger partial charge in [0.25, 0.3) is 0 Å². The molecule has 0 heterocycles. The fourth-order valence-corrected chi connectivity index (χ4v) is 1.14. The molecule has 0 aliphatic carbocycles. The highest BCUT2D eigenvalue weighted by Gasteiger charge is 1.95. The topological polar surface area (TPSA) is 9.23 Å². The Morgan fingerprint density at radius 2 is 2.23 bits per heavy atom. The van der Waals surface area contributed by atoms with Crippen molar-refractivity contribution in [1.29, 1.82) is 0 Å². The molecule has 1 aromatic carbocycles. The summed E-state index contributed by atoms with van der Waals surface area (Å²) < 4.78 is 5.13. The Morgan fingerprint density at radius 3 is 2.85 bits per heavy atom. The first-order chi connectivity index (χ1) is 6.27. The third-order valence-electron chi connectivity index (χ3n) is 1.89. The summed E-state index contributed by atoms with van der Waals surface area (Å²) in [6, 6.07) is 7.98. The molecule has 0 aliphatic rings. The van der Waals surface area contributed by atoms with E-state index in [0.29, 0.717) is 0 Å². The molecule has 0 saturated heterocycles. The van der Waals surface area contributed by atoms with Crippen LogP contribution in [0.25, 0.3) is 5.57 Å². The van der Waals surface area contributed by atoms with E-state index in [4.69, 9.17) is 4.74 Å². The number of benzene rings is 1. The van der Waals surface area contributed by atoms with E-state index >= 15 is 0 Å². The summed E-state index contributed by atoms with van der Waals surface area (Å²) in [7, 11) is 1.67. The van der Waals surface area contributed by atoms with Crippen LogP contribution >= 0.6 is 0 Å². The van der Waals surface area contributed by atoms with Gasteiger partial charge in [-0.15, -0.1) is 0 Å². The molecule has 0 spiro atoms. The van der Waals surface area contributed by atoms with E-state index in [1.165, 1.54) is 11.1 Å². The Hall–Kier alpha value is -1.50. The lowest BCUT2D eigenvalue weighted by Crippen LogP contribution is -1.84. The summed E-state index contributed by atoms with van der Waals surface area (Å²) in [5.74, 6) is 0.884. The Labute approximate surface area is 79.4 Å². The van der Waals surface area contributed by atoms with Gasteiger partial charge >= 0.3 is 0 Å². The third-order valence-corrected chi connectivity index (χ3v) is 1.89. The van der Waals surface area contributed by atoms with Gasteiger partial charge in [-0.3, -0.25) is 0 Å².